The van der Waals surface area contributed by atoms with E-state index in [1.165, 1.54) is 0 Å². The lowest BCUT2D eigenvalue weighted by Crippen LogP contribution is -2.31. The van der Waals surface area contributed by atoms with Gasteiger partial charge >= 0.3 is 0 Å². The predicted molar refractivity (Wildman–Crippen MR) is 47.1 cm³/mol. The van der Waals surface area contributed by atoms with Crippen molar-refractivity contribution in [3.05, 3.63) is 0 Å². The molecule has 0 aliphatic heterocycles. The molecule has 0 saturated carbocycles. The smallest absolute Gasteiger partial charge is 0.143 e. The van der Waals surface area contributed by atoms with E-state index in [-0.39, 0.29) is 18.4 Å². The number of aliphatic hydroxyl groups is 1. The highest BCUT2D eigenvalue weighted by Crippen LogP contribution is 1.91. The molecule has 5 nitrogen and oxygen atoms in total. The van der Waals surface area contributed by atoms with Crippen molar-refractivity contribution in [2.45, 2.75) is 13.3 Å². The summed E-state index contributed by atoms with van der Waals surface area (Å²) in [6.07, 6.45) is 0.725. The van der Waals surface area contributed by atoms with Crippen LogP contribution in [0.5, 0.6) is 0 Å². The first-order chi connectivity index (χ1) is 5.72. The lowest BCUT2D eigenvalue weighted by atomic mass is 10.1. The number of nitrogens with one attached hydrogen (secondary N) is 1. The molecule has 5 N–H and O–H groups in total. The molecule has 1 unspecified atom stereocenters. The van der Waals surface area contributed by atoms with Crippen molar-refractivity contribution in [2.75, 3.05) is 19.7 Å². The van der Waals surface area contributed by atoms with E-state index in [0.29, 0.717) is 6.54 Å². The fourth-order valence-electron chi connectivity index (χ4n) is 0.726. The molecule has 5 heteroatoms. The molecule has 0 amide bonds. The third kappa shape index (κ3) is 4.92. The summed E-state index contributed by atoms with van der Waals surface area (Å²) in [7, 11) is 0. The maximum Gasteiger partial charge on any atom is 0.143 e. The van der Waals surface area contributed by atoms with Crippen molar-refractivity contribution in [3.63, 3.8) is 0 Å². The second-order valence-corrected chi connectivity index (χ2v) is 2.71. The monoisotopic (exact) mass is 175 g/mol. The predicted octanol–water partition coefficient (Wildman–Crippen LogP) is -0.659. The quantitative estimate of drug-likeness (QED) is 0.142. The number of hydrogen-bond donors (Lipinski definition) is 4. The van der Waals surface area contributed by atoms with E-state index in [1.54, 1.807) is 0 Å². The van der Waals surface area contributed by atoms with E-state index >= 15 is 0 Å². The summed E-state index contributed by atoms with van der Waals surface area (Å²) in [6.45, 7) is 3.46. The van der Waals surface area contributed by atoms with Crippen molar-refractivity contribution in [1.29, 1.82) is 0 Å². The average Bonchev–Trinajstić information content (AvgIpc) is 2.10. The number of amidine groups is 1. The van der Waals surface area contributed by atoms with Crippen LogP contribution in [0.15, 0.2) is 5.16 Å². The SMILES string of the molecule is CC(CNCCCO)C(N)=NO. The molecule has 0 heterocycles. The number of hydrogen-bond acceptors (Lipinski definition) is 4. The molecule has 0 spiro atoms. The van der Waals surface area contributed by atoms with Crippen LogP contribution in [-0.2, 0) is 0 Å². The minimum atomic E-state index is 0.0219. The summed E-state index contributed by atoms with van der Waals surface area (Å²) in [4.78, 5) is 0. The molecule has 0 aliphatic rings. The van der Waals surface area contributed by atoms with Crippen molar-refractivity contribution in [1.82, 2.24) is 5.32 Å². The van der Waals surface area contributed by atoms with Crippen LogP contribution in [-0.4, -0.2) is 35.8 Å². The molecule has 0 aromatic heterocycles. The highest BCUT2D eigenvalue weighted by atomic mass is 16.4. The summed E-state index contributed by atoms with van der Waals surface area (Å²) >= 11 is 0. The summed E-state index contributed by atoms with van der Waals surface area (Å²) in [5.41, 5.74) is 5.34. The van der Waals surface area contributed by atoms with E-state index in [9.17, 15) is 0 Å². The van der Waals surface area contributed by atoms with Gasteiger partial charge in [0.05, 0.1) is 0 Å². The Morgan fingerprint density at radius 1 is 1.67 bits per heavy atom. The molecule has 0 aromatic carbocycles. The Bertz CT molecular complexity index is 139. The molecular formula is C7H17N3O2. The molecular weight excluding hydrogens is 158 g/mol. The average molecular weight is 175 g/mol. The molecule has 12 heavy (non-hydrogen) atoms. The maximum absolute atomic E-state index is 8.46. The van der Waals surface area contributed by atoms with Crippen LogP contribution in [0.1, 0.15) is 13.3 Å². The number of nitrogens with two attached hydrogens (primary N) is 1. The van der Waals surface area contributed by atoms with Gasteiger partial charge in [0.25, 0.3) is 0 Å². The fourth-order valence-corrected chi connectivity index (χ4v) is 0.726. The van der Waals surface area contributed by atoms with Gasteiger partial charge in [0.2, 0.25) is 0 Å². The van der Waals surface area contributed by atoms with Crippen LogP contribution in [0.25, 0.3) is 0 Å². The molecule has 0 fully saturated rings. The van der Waals surface area contributed by atoms with Gasteiger partial charge in [-0.3, -0.25) is 0 Å². The Kier molecular flexibility index (Phi) is 6.41. The third-order valence-electron chi connectivity index (χ3n) is 1.58. The van der Waals surface area contributed by atoms with E-state index in [4.69, 9.17) is 16.0 Å². The van der Waals surface area contributed by atoms with Gasteiger partial charge in [-0.1, -0.05) is 12.1 Å². The molecule has 0 radical (unpaired) electrons. The molecule has 0 aromatic rings. The molecule has 1 atom stereocenters. The van der Waals surface area contributed by atoms with Gasteiger partial charge in [0, 0.05) is 19.1 Å². The summed E-state index contributed by atoms with van der Waals surface area (Å²) < 4.78 is 0. The number of oxime groups is 1. The molecule has 0 saturated heterocycles. The number of rotatable bonds is 6. The summed E-state index contributed by atoms with van der Waals surface area (Å²) in [5.74, 6) is 0.250. The summed E-state index contributed by atoms with van der Waals surface area (Å²) in [6, 6.07) is 0. The lowest BCUT2D eigenvalue weighted by Gasteiger charge is -2.09. The van der Waals surface area contributed by atoms with Crippen molar-refractivity contribution in [3.8, 4) is 0 Å². The Morgan fingerprint density at radius 2 is 2.33 bits per heavy atom. The fraction of sp³-hybridized carbons (Fsp3) is 0.857. The first-order valence-electron chi connectivity index (χ1n) is 4.01. The van der Waals surface area contributed by atoms with Crippen molar-refractivity contribution in [2.24, 2.45) is 16.8 Å². The molecule has 0 rings (SSSR count). The van der Waals surface area contributed by atoms with Gasteiger partial charge in [-0.25, -0.2) is 0 Å². The van der Waals surface area contributed by atoms with Crippen LogP contribution in [0.2, 0.25) is 0 Å². The highest BCUT2D eigenvalue weighted by Gasteiger charge is 2.05. The Labute approximate surface area is 72.3 Å². The molecule has 72 valence electrons. The zero-order valence-corrected chi connectivity index (χ0v) is 7.32. The minimum Gasteiger partial charge on any atom is -0.409 e. The topological polar surface area (TPSA) is 90.9 Å². The highest BCUT2D eigenvalue weighted by molar-refractivity contribution is 5.82. The Hall–Kier alpha value is -0.810. The van der Waals surface area contributed by atoms with Crippen LogP contribution in [0, 0.1) is 5.92 Å². The van der Waals surface area contributed by atoms with Crippen molar-refractivity contribution >= 4 is 5.84 Å². The van der Waals surface area contributed by atoms with Crippen molar-refractivity contribution < 1.29 is 10.3 Å². The largest absolute Gasteiger partial charge is 0.409 e. The van der Waals surface area contributed by atoms with E-state index < -0.39 is 0 Å². The third-order valence-corrected chi connectivity index (χ3v) is 1.58. The van der Waals surface area contributed by atoms with Crippen LogP contribution in [0.3, 0.4) is 0 Å². The zero-order valence-electron chi connectivity index (χ0n) is 7.32. The summed E-state index contributed by atoms with van der Waals surface area (Å²) in [5, 5.41) is 22.7. The Balaban J connectivity index is 3.37. The minimum absolute atomic E-state index is 0.0219. The van der Waals surface area contributed by atoms with Gasteiger partial charge in [-0.05, 0) is 13.0 Å². The second-order valence-electron chi connectivity index (χ2n) is 2.71. The van der Waals surface area contributed by atoms with Gasteiger partial charge in [0.15, 0.2) is 0 Å². The standard InChI is InChI=1S/C7H17N3O2/c1-6(7(8)10-12)5-9-3-2-4-11/h6,9,11-12H,2-5H2,1H3,(H2,8,10). The van der Waals surface area contributed by atoms with Crippen LogP contribution in [0.4, 0.5) is 0 Å². The maximum atomic E-state index is 8.46. The lowest BCUT2D eigenvalue weighted by molar-refractivity contribution is 0.285. The number of nitrogens with zero attached hydrogens (tertiary/aromatic N) is 1. The molecule has 0 bridgehead atoms. The van der Waals surface area contributed by atoms with E-state index in [2.05, 4.69) is 10.5 Å². The van der Waals surface area contributed by atoms with E-state index in [1.807, 2.05) is 6.92 Å². The van der Waals surface area contributed by atoms with Crippen LogP contribution >= 0.6 is 0 Å². The zero-order chi connectivity index (χ0) is 9.40. The first-order valence-corrected chi connectivity index (χ1v) is 4.01. The van der Waals surface area contributed by atoms with E-state index in [0.717, 1.165) is 13.0 Å². The van der Waals surface area contributed by atoms with Gasteiger partial charge in [0.1, 0.15) is 5.84 Å². The molecule has 0 aliphatic carbocycles. The van der Waals surface area contributed by atoms with Gasteiger partial charge in [-0.2, -0.15) is 0 Å². The van der Waals surface area contributed by atoms with Gasteiger partial charge < -0.3 is 21.4 Å². The van der Waals surface area contributed by atoms with Crippen LogP contribution < -0.4 is 11.1 Å². The second kappa shape index (κ2) is 6.87. The Morgan fingerprint density at radius 3 is 2.83 bits per heavy atom. The normalized spacial score (nSPS) is 14.7. The first kappa shape index (κ1) is 11.2. The van der Waals surface area contributed by atoms with Gasteiger partial charge in [-0.15, -0.1) is 0 Å². The number of aliphatic hydroxyl groups excluding tert-OH is 1.